The van der Waals surface area contributed by atoms with Gasteiger partial charge in [0.15, 0.2) is 11.6 Å². The van der Waals surface area contributed by atoms with Gasteiger partial charge in [0.25, 0.3) is 0 Å². The van der Waals surface area contributed by atoms with Crippen molar-refractivity contribution >= 4 is 46.7 Å². The van der Waals surface area contributed by atoms with Gasteiger partial charge in [-0.3, -0.25) is 14.4 Å². The fraction of sp³-hybridized carbons (Fsp3) is 0.515. The summed E-state index contributed by atoms with van der Waals surface area (Å²) in [6.45, 7) is 6.07. The van der Waals surface area contributed by atoms with Crippen LogP contribution in [0.1, 0.15) is 94.2 Å². The fourth-order valence-electron chi connectivity index (χ4n) is 5.01. The van der Waals surface area contributed by atoms with Gasteiger partial charge in [-0.1, -0.05) is 26.7 Å². The lowest BCUT2D eigenvalue weighted by Gasteiger charge is -2.22. The van der Waals surface area contributed by atoms with Gasteiger partial charge in [0.2, 0.25) is 29.2 Å². The molecule has 2 aromatic rings. The van der Waals surface area contributed by atoms with Crippen LogP contribution in [0, 0.1) is 23.3 Å². The summed E-state index contributed by atoms with van der Waals surface area (Å²) in [6, 6.07) is 2.07. The van der Waals surface area contributed by atoms with Crippen molar-refractivity contribution in [2.24, 2.45) is 10.7 Å². The lowest BCUT2D eigenvalue weighted by atomic mass is 10.1. The van der Waals surface area contributed by atoms with Crippen molar-refractivity contribution in [1.29, 1.82) is 0 Å². The topological polar surface area (TPSA) is 114 Å². The van der Waals surface area contributed by atoms with E-state index < -0.39 is 35.0 Å². The Morgan fingerprint density at radius 2 is 1.59 bits per heavy atom. The molecule has 3 rings (SSSR count). The van der Waals surface area contributed by atoms with Crippen LogP contribution in [0.25, 0.3) is 6.08 Å². The van der Waals surface area contributed by atoms with Gasteiger partial charge in [0.05, 0.1) is 10.6 Å². The molecular formula is C33H42F4N4O4S. The molecule has 8 nitrogen and oxygen atoms in total. The molecule has 0 aliphatic carbocycles. The Labute approximate surface area is 271 Å². The van der Waals surface area contributed by atoms with Gasteiger partial charge in [-0.25, -0.2) is 13.8 Å². The third kappa shape index (κ3) is 11.0. The van der Waals surface area contributed by atoms with Crippen molar-refractivity contribution in [3.05, 3.63) is 50.7 Å². The van der Waals surface area contributed by atoms with Crippen molar-refractivity contribution in [3.8, 4) is 5.75 Å². The maximum absolute atomic E-state index is 13.6. The van der Waals surface area contributed by atoms with Crippen LogP contribution in [0.2, 0.25) is 0 Å². The quantitative estimate of drug-likeness (QED) is 0.0579. The Hall–Kier alpha value is -3.74. The lowest BCUT2D eigenvalue weighted by Crippen LogP contribution is -2.34. The summed E-state index contributed by atoms with van der Waals surface area (Å²) >= 11 is 1.62. The number of rotatable bonds is 18. The highest BCUT2D eigenvalue weighted by molar-refractivity contribution is 7.13. The van der Waals surface area contributed by atoms with Crippen LogP contribution >= 0.6 is 11.3 Å². The van der Waals surface area contributed by atoms with E-state index >= 15 is 0 Å². The molecule has 0 fully saturated rings. The van der Waals surface area contributed by atoms with E-state index in [-0.39, 0.29) is 37.1 Å². The van der Waals surface area contributed by atoms with E-state index in [1.54, 1.807) is 11.3 Å². The summed E-state index contributed by atoms with van der Waals surface area (Å²) in [4.78, 5) is 45.7. The Balaban J connectivity index is 1.31. The summed E-state index contributed by atoms with van der Waals surface area (Å²) < 4.78 is 58.2. The van der Waals surface area contributed by atoms with Crippen molar-refractivity contribution in [3.63, 3.8) is 0 Å². The van der Waals surface area contributed by atoms with Crippen molar-refractivity contribution < 1.29 is 36.7 Å². The molecule has 0 spiro atoms. The molecule has 2 heterocycles. The zero-order chi connectivity index (χ0) is 33.6. The molecule has 2 amide bonds. The third-order valence-corrected chi connectivity index (χ3v) is 8.41. The Morgan fingerprint density at radius 1 is 0.935 bits per heavy atom. The lowest BCUT2D eigenvalue weighted by molar-refractivity contribution is -0.135. The Bertz CT molecular complexity index is 1410. The molecule has 0 bridgehead atoms. The summed E-state index contributed by atoms with van der Waals surface area (Å²) in [6.07, 6.45) is 8.84. The molecule has 13 heteroatoms. The van der Waals surface area contributed by atoms with Gasteiger partial charge >= 0.3 is 5.97 Å². The highest BCUT2D eigenvalue weighted by atomic mass is 32.1. The number of amides is 2. The second-order valence-corrected chi connectivity index (χ2v) is 12.4. The molecule has 46 heavy (non-hydrogen) atoms. The predicted molar refractivity (Wildman–Crippen MR) is 171 cm³/mol. The van der Waals surface area contributed by atoms with E-state index in [1.807, 2.05) is 17.0 Å². The molecule has 0 saturated heterocycles. The van der Waals surface area contributed by atoms with E-state index in [4.69, 9.17) is 5.73 Å². The monoisotopic (exact) mass is 666 g/mol. The number of hydrogen-bond acceptors (Lipinski definition) is 7. The van der Waals surface area contributed by atoms with E-state index in [0.717, 1.165) is 54.0 Å². The number of nitrogens with two attached hydrogens (primary N) is 1. The summed E-state index contributed by atoms with van der Waals surface area (Å²) in [5.74, 6) is -8.96. The average Bonchev–Trinajstić information content (AvgIpc) is 3.31. The number of thiophene rings is 1. The fourth-order valence-corrected chi connectivity index (χ4v) is 6.12. The van der Waals surface area contributed by atoms with Crippen LogP contribution in [-0.4, -0.2) is 48.2 Å². The Morgan fingerprint density at radius 3 is 2.26 bits per heavy atom. The Kier molecular flexibility index (Phi) is 14.7. The van der Waals surface area contributed by atoms with E-state index in [9.17, 15) is 31.9 Å². The number of aliphatic imine (C=N–C) groups is 1. The van der Waals surface area contributed by atoms with Crippen molar-refractivity contribution in [2.45, 2.75) is 90.9 Å². The van der Waals surface area contributed by atoms with Crippen LogP contribution in [-0.2, 0) is 20.8 Å². The number of ether oxygens (including phenoxy) is 1. The van der Waals surface area contributed by atoms with Crippen LogP contribution in [0.5, 0.6) is 5.75 Å². The number of carbonyl (C=O) groups excluding carboxylic acids is 3. The number of benzene rings is 1. The number of fused-ring (bicyclic) bond motifs is 1. The number of amidine groups is 1. The van der Waals surface area contributed by atoms with Gasteiger partial charge in [-0.15, -0.1) is 11.3 Å². The van der Waals surface area contributed by atoms with Gasteiger partial charge in [0.1, 0.15) is 5.84 Å². The largest absolute Gasteiger partial charge is 0.420 e. The maximum Gasteiger partial charge on any atom is 0.311 e. The molecular weight excluding hydrogens is 624 g/mol. The first-order valence-corrected chi connectivity index (χ1v) is 16.6. The number of carbonyl (C=O) groups is 3. The van der Waals surface area contributed by atoms with Crippen molar-refractivity contribution in [1.82, 2.24) is 10.2 Å². The smallest absolute Gasteiger partial charge is 0.311 e. The van der Waals surface area contributed by atoms with Crippen LogP contribution < -0.4 is 15.8 Å². The SMILES string of the molecule is CCCN(CCC)C(=O)C1=Cc2sc(CCCCCNC(=O)CCCCCC(=O)Oc3c(F)c(F)cc(F)c3F)cc2N=C(N)C1. The van der Waals surface area contributed by atoms with E-state index in [1.165, 1.54) is 0 Å². The second-order valence-electron chi connectivity index (χ2n) is 11.2. The van der Waals surface area contributed by atoms with E-state index in [2.05, 4.69) is 28.9 Å². The minimum Gasteiger partial charge on any atom is -0.420 e. The number of esters is 1. The maximum atomic E-state index is 13.6. The average molecular weight is 667 g/mol. The molecule has 1 aliphatic rings. The summed E-state index contributed by atoms with van der Waals surface area (Å²) in [5, 5.41) is 2.87. The third-order valence-electron chi connectivity index (χ3n) is 7.28. The minimum absolute atomic E-state index is 0.0171. The number of unbranched alkanes of at least 4 members (excludes halogenated alkanes) is 4. The van der Waals surface area contributed by atoms with Crippen LogP contribution in [0.4, 0.5) is 23.2 Å². The highest BCUT2D eigenvalue weighted by Gasteiger charge is 2.24. The number of nitrogens with zero attached hydrogens (tertiary/aromatic N) is 2. The minimum atomic E-state index is -1.77. The predicted octanol–water partition coefficient (Wildman–Crippen LogP) is 7.11. The molecule has 0 unspecified atom stereocenters. The van der Waals surface area contributed by atoms with Crippen LogP contribution in [0.3, 0.4) is 0 Å². The molecule has 3 N–H and O–H groups in total. The normalized spacial score (nSPS) is 12.6. The van der Waals surface area contributed by atoms with E-state index in [0.29, 0.717) is 50.3 Å². The van der Waals surface area contributed by atoms with Gasteiger partial charge in [-0.05, 0) is 57.1 Å². The molecule has 1 aliphatic heterocycles. The summed E-state index contributed by atoms with van der Waals surface area (Å²) in [5.41, 5.74) is 7.63. The number of aryl methyl sites for hydroxylation is 1. The standard InChI is InChI=1S/C33H42F4N4O4S/c1-3-15-41(16-4-2)33(44)21-17-26-25(40-27(38)18-21)19-22(46-26)11-7-6-10-14-39-28(42)12-8-5-9-13-29(43)45-32-30(36)23(34)20-24(35)31(32)37/h17,19-20H,3-16,18H2,1-2H3,(H2,38,40)(H,39,42). The molecule has 1 aromatic heterocycles. The van der Waals surface area contributed by atoms with Crippen LogP contribution in [0.15, 0.2) is 22.7 Å². The molecule has 0 saturated carbocycles. The summed E-state index contributed by atoms with van der Waals surface area (Å²) in [7, 11) is 0. The number of halogens is 4. The van der Waals surface area contributed by atoms with Gasteiger partial charge < -0.3 is 20.7 Å². The van der Waals surface area contributed by atoms with Gasteiger partial charge in [0, 0.05) is 55.4 Å². The molecule has 1 aromatic carbocycles. The van der Waals surface area contributed by atoms with Crippen molar-refractivity contribution in [2.75, 3.05) is 19.6 Å². The highest BCUT2D eigenvalue weighted by Crippen LogP contribution is 2.35. The second kappa shape index (κ2) is 18.4. The molecule has 0 atom stereocenters. The zero-order valence-electron chi connectivity index (χ0n) is 26.4. The number of hydrogen-bond donors (Lipinski definition) is 2. The number of nitrogens with one attached hydrogen (secondary N) is 1. The first-order valence-electron chi connectivity index (χ1n) is 15.8. The first-order chi connectivity index (χ1) is 22.0. The zero-order valence-corrected chi connectivity index (χ0v) is 27.2. The first kappa shape index (κ1) is 36.7. The molecule has 252 valence electrons. The molecule has 0 radical (unpaired) electrons. The van der Waals surface area contributed by atoms with Gasteiger partial charge in [-0.2, -0.15) is 8.78 Å².